The molecule has 2 heterocycles. The van der Waals surface area contributed by atoms with Crippen LogP contribution in [0, 0.1) is 17.7 Å². The Hall–Kier alpha value is -4.03. The number of sulfonamides is 1. The Kier molecular flexibility index (Phi) is 7.71. The van der Waals surface area contributed by atoms with Crippen LogP contribution in [-0.2, 0) is 21.4 Å². The minimum absolute atomic E-state index is 0.00627. The third-order valence-corrected chi connectivity index (χ3v) is 8.83. The molecule has 4 aromatic rings. The van der Waals surface area contributed by atoms with E-state index in [4.69, 9.17) is 16.3 Å². The number of carbonyl (C=O) groups is 1. The van der Waals surface area contributed by atoms with Crippen molar-refractivity contribution in [3.8, 4) is 17.0 Å². The summed E-state index contributed by atoms with van der Waals surface area (Å²) in [6, 6.07) is 9.68. The van der Waals surface area contributed by atoms with Crippen molar-refractivity contribution in [3.05, 3.63) is 76.2 Å². The van der Waals surface area contributed by atoms with Gasteiger partial charge in [-0.05, 0) is 54.3 Å². The van der Waals surface area contributed by atoms with Gasteiger partial charge in [-0.25, -0.2) is 22.8 Å². The molecule has 13 heteroatoms. The van der Waals surface area contributed by atoms with Gasteiger partial charge in [0.25, 0.3) is 15.6 Å². The molecule has 214 valence electrons. The lowest BCUT2D eigenvalue weighted by Crippen LogP contribution is -2.35. The first kappa shape index (κ1) is 28.5. The highest BCUT2D eigenvalue weighted by molar-refractivity contribution is 7.92. The molecule has 0 radical (unpaired) electrons. The van der Waals surface area contributed by atoms with E-state index in [9.17, 15) is 22.4 Å². The van der Waals surface area contributed by atoms with Gasteiger partial charge >= 0.3 is 0 Å². The normalized spacial score (nSPS) is 17.2. The average Bonchev–Trinajstić information content (AvgIpc) is 3.63. The van der Waals surface area contributed by atoms with Crippen molar-refractivity contribution in [1.82, 2.24) is 19.9 Å². The summed E-state index contributed by atoms with van der Waals surface area (Å²) in [6.45, 7) is 4.00. The first-order valence-electron chi connectivity index (χ1n) is 12.8. The van der Waals surface area contributed by atoms with E-state index in [0.717, 1.165) is 24.6 Å². The van der Waals surface area contributed by atoms with Crippen LogP contribution in [0.25, 0.3) is 22.0 Å². The van der Waals surface area contributed by atoms with Gasteiger partial charge in [-0.2, -0.15) is 0 Å². The number of nitrogens with zero attached hydrogens (tertiary/aromatic N) is 3. The van der Waals surface area contributed by atoms with Gasteiger partial charge < -0.3 is 10.1 Å². The number of benzene rings is 2. The molecule has 0 saturated heterocycles. The predicted molar refractivity (Wildman–Crippen MR) is 153 cm³/mol. The van der Waals surface area contributed by atoms with E-state index < -0.39 is 21.8 Å². The van der Waals surface area contributed by atoms with Crippen LogP contribution in [0.4, 0.5) is 10.1 Å². The number of carbonyl (C=O) groups excluding carboxylic acids is 1. The van der Waals surface area contributed by atoms with Gasteiger partial charge in [0.2, 0.25) is 11.8 Å². The molecule has 0 bridgehead atoms. The summed E-state index contributed by atoms with van der Waals surface area (Å²) in [5, 5.41) is 3.03. The maximum Gasteiger partial charge on any atom is 0.263 e. The number of amides is 1. The fourth-order valence-electron chi connectivity index (χ4n) is 4.43. The fourth-order valence-corrected chi connectivity index (χ4v) is 6.01. The smallest absolute Gasteiger partial charge is 0.263 e. The van der Waals surface area contributed by atoms with Crippen molar-refractivity contribution >= 4 is 44.1 Å². The Labute approximate surface area is 240 Å². The largest absolute Gasteiger partial charge is 0.480 e. The molecule has 2 aromatic carbocycles. The maximum atomic E-state index is 13.5. The molecule has 2 N–H and O–H groups in total. The maximum absolute atomic E-state index is 13.5. The molecular formula is C28H27ClFN5O5S. The molecule has 1 aliphatic rings. The number of rotatable bonds is 9. The molecule has 0 spiro atoms. The van der Waals surface area contributed by atoms with Crippen molar-refractivity contribution in [3.63, 3.8) is 0 Å². The minimum Gasteiger partial charge on any atom is -0.480 e. The lowest BCUT2D eigenvalue weighted by Gasteiger charge is -2.15. The lowest BCUT2D eigenvalue weighted by molar-refractivity contribution is -0.125. The summed E-state index contributed by atoms with van der Waals surface area (Å²) in [4.78, 5) is 34.2. The number of methoxy groups -OCH3 is 1. The number of pyridine rings is 1. The van der Waals surface area contributed by atoms with E-state index in [1.54, 1.807) is 25.1 Å². The molecule has 0 aliphatic heterocycles. The van der Waals surface area contributed by atoms with E-state index in [1.807, 2.05) is 0 Å². The van der Waals surface area contributed by atoms with Gasteiger partial charge in [0, 0.05) is 24.3 Å². The zero-order chi connectivity index (χ0) is 29.5. The van der Waals surface area contributed by atoms with Crippen LogP contribution in [-0.4, -0.2) is 42.0 Å². The van der Waals surface area contributed by atoms with Gasteiger partial charge in [0.1, 0.15) is 16.4 Å². The Bertz CT molecular complexity index is 1830. The van der Waals surface area contributed by atoms with Crippen molar-refractivity contribution in [2.45, 2.75) is 37.8 Å². The average molecular weight is 600 g/mol. The zero-order valence-electron chi connectivity index (χ0n) is 22.4. The number of fused-ring (bicyclic) bond motifs is 1. The lowest BCUT2D eigenvalue weighted by atomic mass is 10.0. The van der Waals surface area contributed by atoms with E-state index in [1.165, 1.54) is 30.3 Å². The number of aromatic nitrogens is 3. The summed E-state index contributed by atoms with van der Waals surface area (Å²) >= 11 is 5.98. The van der Waals surface area contributed by atoms with Gasteiger partial charge in [0.15, 0.2) is 0 Å². The van der Waals surface area contributed by atoms with Crippen LogP contribution < -0.4 is 20.3 Å². The van der Waals surface area contributed by atoms with Crippen molar-refractivity contribution in [1.29, 1.82) is 0 Å². The van der Waals surface area contributed by atoms with E-state index >= 15 is 0 Å². The molecule has 2 unspecified atom stereocenters. The number of anilines is 1. The molecule has 5 rings (SSSR count). The van der Waals surface area contributed by atoms with Crippen molar-refractivity contribution in [2.24, 2.45) is 11.8 Å². The second kappa shape index (κ2) is 11.1. The predicted octanol–water partition coefficient (Wildman–Crippen LogP) is 4.22. The number of nitrogens with one attached hydrogen (secondary N) is 2. The standard InChI is InChI=1S/C28H27ClFN5O5S/c1-15-8-23(15)33-26(36)16(2)13-35-14-32-22-6-4-17(9-20(22)28(35)37)18-10-24(27(40-3)31-12-18)34-41(38,39)25-7-5-19(30)11-21(25)29/h4-7,9-12,14-16,23,34H,8,13H2,1-3H3,(H,33,36)/t15-,16?,23?/m0/s1. The molecule has 1 aliphatic carbocycles. The zero-order valence-corrected chi connectivity index (χ0v) is 24.0. The number of hydrogen-bond acceptors (Lipinski definition) is 7. The Morgan fingerprint density at radius 3 is 2.63 bits per heavy atom. The molecule has 10 nitrogen and oxygen atoms in total. The van der Waals surface area contributed by atoms with Gasteiger partial charge in [0.05, 0.1) is 35.3 Å². The fraction of sp³-hybridized carbons (Fsp3) is 0.286. The van der Waals surface area contributed by atoms with Crippen LogP contribution in [0.15, 0.2) is 64.7 Å². The Morgan fingerprint density at radius 2 is 1.95 bits per heavy atom. The second-order valence-corrected chi connectivity index (χ2v) is 12.2. The van der Waals surface area contributed by atoms with E-state index in [2.05, 4.69) is 26.9 Å². The quantitative estimate of drug-likeness (QED) is 0.294. The molecule has 1 fully saturated rings. The third kappa shape index (κ3) is 6.03. The first-order valence-corrected chi connectivity index (χ1v) is 14.6. The van der Waals surface area contributed by atoms with Crippen LogP contribution >= 0.6 is 11.6 Å². The third-order valence-electron chi connectivity index (χ3n) is 6.98. The SMILES string of the molecule is COc1ncc(-c2ccc3ncn(CC(C)C(=O)NC4C[C@@H]4C)c(=O)c3c2)cc1NS(=O)(=O)c1ccc(F)cc1Cl. The van der Waals surface area contributed by atoms with E-state index in [0.29, 0.717) is 27.9 Å². The number of ether oxygens (including phenoxy) is 1. The molecule has 1 saturated carbocycles. The topological polar surface area (TPSA) is 132 Å². The van der Waals surface area contributed by atoms with Crippen molar-refractivity contribution in [2.75, 3.05) is 11.8 Å². The summed E-state index contributed by atoms with van der Waals surface area (Å²) in [7, 11) is -2.89. The molecule has 2 aromatic heterocycles. The minimum atomic E-state index is -4.23. The first-order chi connectivity index (χ1) is 19.5. The van der Waals surface area contributed by atoms with Gasteiger partial charge in [-0.3, -0.25) is 18.9 Å². The number of halogens is 2. The van der Waals surface area contributed by atoms with Crippen LogP contribution in [0.5, 0.6) is 5.88 Å². The Morgan fingerprint density at radius 1 is 1.20 bits per heavy atom. The highest BCUT2D eigenvalue weighted by atomic mass is 35.5. The van der Waals surface area contributed by atoms with Gasteiger partial charge in [-0.1, -0.05) is 31.5 Å². The van der Waals surface area contributed by atoms with Gasteiger partial charge in [-0.15, -0.1) is 0 Å². The summed E-state index contributed by atoms with van der Waals surface area (Å²) in [5.74, 6) is -0.752. The van der Waals surface area contributed by atoms with E-state index in [-0.39, 0.29) is 45.5 Å². The number of hydrogen-bond donors (Lipinski definition) is 2. The monoisotopic (exact) mass is 599 g/mol. The second-order valence-electron chi connectivity index (χ2n) is 10.1. The summed E-state index contributed by atoms with van der Waals surface area (Å²) in [6.07, 6.45) is 3.86. The van der Waals surface area contributed by atoms with Crippen LogP contribution in [0.1, 0.15) is 20.3 Å². The summed E-state index contributed by atoms with van der Waals surface area (Å²) < 4.78 is 48.6. The molecule has 1 amide bonds. The van der Waals surface area contributed by atoms with Crippen LogP contribution in [0.2, 0.25) is 5.02 Å². The molecule has 3 atom stereocenters. The highest BCUT2D eigenvalue weighted by Crippen LogP contribution is 2.32. The van der Waals surface area contributed by atoms with Crippen LogP contribution in [0.3, 0.4) is 0 Å². The molecular weight excluding hydrogens is 573 g/mol. The Balaban J connectivity index is 1.45. The highest BCUT2D eigenvalue weighted by Gasteiger charge is 2.34. The molecule has 41 heavy (non-hydrogen) atoms. The summed E-state index contributed by atoms with van der Waals surface area (Å²) in [5.41, 5.74) is 1.21. The van der Waals surface area contributed by atoms with Crippen molar-refractivity contribution < 1.29 is 22.3 Å².